The molecule has 0 unspecified atom stereocenters. The zero-order valence-corrected chi connectivity index (χ0v) is 8.70. The Morgan fingerprint density at radius 3 is 2.60 bits per heavy atom. The third kappa shape index (κ3) is 3.09. The highest BCUT2D eigenvalue weighted by molar-refractivity contribution is 5.98. The molecule has 0 aromatic heterocycles. The summed E-state index contributed by atoms with van der Waals surface area (Å²) in [5, 5.41) is 16.9. The summed E-state index contributed by atoms with van der Waals surface area (Å²) in [5.41, 5.74) is 0.746. The quantitative estimate of drug-likeness (QED) is 0.739. The van der Waals surface area contributed by atoms with E-state index in [2.05, 4.69) is 0 Å². The van der Waals surface area contributed by atoms with Crippen LogP contribution in [0.4, 0.5) is 0 Å². The van der Waals surface area contributed by atoms with E-state index in [4.69, 9.17) is 10.1 Å². The Labute approximate surface area is 88.0 Å². The van der Waals surface area contributed by atoms with Gasteiger partial charge in [-0.3, -0.25) is 4.79 Å². The highest BCUT2D eigenvalue weighted by Crippen LogP contribution is 2.23. The molecule has 0 aliphatic heterocycles. The molecule has 0 saturated heterocycles. The van der Waals surface area contributed by atoms with Crippen molar-refractivity contribution in [3.8, 4) is 11.5 Å². The van der Waals surface area contributed by atoms with E-state index in [1.54, 1.807) is 19.1 Å². The van der Waals surface area contributed by atoms with E-state index < -0.39 is 0 Å². The third-order valence-corrected chi connectivity index (χ3v) is 1.82. The molecule has 0 aliphatic rings. The number of hydrogen-bond donors (Lipinski definition) is 2. The predicted molar refractivity (Wildman–Crippen MR) is 56.8 cm³/mol. The Balaban J connectivity index is 2.82. The standard InChI is InChI=1S/C11H13NO3/c1-7(13)6-15-9-3-4-10(8(2)12)11(14)5-9/h3-5,12,14H,6H2,1-2H3. The maximum Gasteiger partial charge on any atom is 0.167 e. The van der Waals surface area contributed by atoms with E-state index >= 15 is 0 Å². The van der Waals surface area contributed by atoms with Crippen molar-refractivity contribution in [3.63, 3.8) is 0 Å². The number of Topliss-reactive ketones (excluding diaryl/α,β-unsaturated/α-hetero) is 1. The molecule has 0 atom stereocenters. The average Bonchev–Trinajstić information content (AvgIpc) is 2.14. The van der Waals surface area contributed by atoms with E-state index in [1.165, 1.54) is 13.0 Å². The fourth-order valence-corrected chi connectivity index (χ4v) is 1.10. The largest absolute Gasteiger partial charge is 0.507 e. The normalized spacial score (nSPS) is 9.73. The molecule has 2 N–H and O–H groups in total. The maximum absolute atomic E-state index is 10.7. The lowest BCUT2D eigenvalue weighted by atomic mass is 10.1. The van der Waals surface area contributed by atoms with Gasteiger partial charge in [-0.05, 0) is 26.0 Å². The van der Waals surface area contributed by atoms with Gasteiger partial charge in [0.15, 0.2) is 5.78 Å². The number of ether oxygens (including phenoxy) is 1. The fourth-order valence-electron chi connectivity index (χ4n) is 1.10. The minimum absolute atomic E-state index is 0.0106. The Hall–Kier alpha value is -1.84. The average molecular weight is 207 g/mol. The molecule has 0 spiro atoms. The first-order chi connectivity index (χ1) is 7.00. The number of aromatic hydroxyl groups is 1. The molecule has 0 heterocycles. The van der Waals surface area contributed by atoms with Gasteiger partial charge >= 0.3 is 0 Å². The topological polar surface area (TPSA) is 70.4 Å². The summed E-state index contributed by atoms with van der Waals surface area (Å²) in [6.45, 7) is 3.00. The van der Waals surface area contributed by atoms with Gasteiger partial charge in [0.2, 0.25) is 0 Å². The summed E-state index contributed by atoms with van der Waals surface area (Å²) in [6.07, 6.45) is 0. The Morgan fingerprint density at radius 1 is 1.47 bits per heavy atom. The molecule has 0 aliphatic carbocycles. The van der Waals surface area contributed by atoms with Crippen LogP contribution in [-0.4, -0.2) is 23.2 Å². The number of carbonyl (C=O) groups is 1. The molecule has 0 radical (unpaired) electrons. The van der Waals surface area contributed by atoms with Gasteiger partial charge in [0.05, 0.1) is 0 Å². The highest BCUT2D eigenvalue weighted by atomic mass is 16.5. The van der Waals surface area contributed by atoms with E-state index in [0.29, 0.717) is 11.3 Å². The zero-order valence-electron chi connectivity index (χ0n) is 8.70. The number of hydrogen-bond acceptors (Lipinski definition) is 4. The highest BCUT2D eigenvalue weighted by Gasteiger charge is 2.05. The number of phenolic OH excluding ortho intramolecular Hbond substituents is 1. The second-order valence-electron chi connectivity index (χ2n) is 3.29. The Kier molecular flexibility index (Phi) is 3.44. The summed E-state index contributed by atoms with van der Waals surface area (Å²) in [5.74, 6) is 0.332. The molecular weight excluding hydrogens is 194 g/mol. The van der Waals surface area contributed by atoms with Crippen LogP contribution in [0.25, 0.3) is 0 Å². The van der Waals surface area contributed by atoms with E-state index in [1.807, 2.05) is 0 Å². The molecule has 1 rings (SSSR count). The summed E-state index contributed by atoms with van der Waals surface area (Å²) >= 11 is 0. The molecule has 1 aromatic carbocycles. The van der Waals surface area contributed by atoms with Gasteiger partial charge in [-0.2, -0.15) is 0 Å². The smallest absolute Gasteiger partial charge is 0.167 e. The van der Waals surface area contributed by atoms with Gasteiger partial charge in [-0.25, -0.2) is 0 Å². The van der Waals surface area contributed by atoms with Crippen LogP contribution in [-0.2, 0) is 4.79 Å². The molecule has 4 nitrogen and oxygen atoms in total. The number of phenols is 1. The number of carbonyl (C=O) groups excluding carboxylic acids is 1. The Morgan fingerprint density at radius 2 is 2.13 bits per heavy atom. The van der Waals surface area contributed by atoms with Crippen molar-refractivity contribution in [3.05, 3.63) is 23.8 Å². The first-order valence-electron chi connectivity index (χ1n) is 4.51. The van der Waals surface area contributed by atoms with Crippen LogP contribution in [0.3, 0.4) is 0 Å². The molecule has 4 heteroatoms. The number of nitrogens with one attached hydrogen (secondary N) is 1. The van der Waals surface area contributed by atoms with Crippen LogP contribution < -0.4 is 4.74 Å². The molecule has 0 fully saturated rings. The first kappa shape index (κ1) is 11.2. The van der Waals surface area contributed by atoms with E-state index in [-0.39, 0.29) is 23.9 Å². The summed E-state index contributed by atoms with van der Waals surface area (Å²) in [7, 11) is 0. The van der Waals surface area contributed by atoms with Crippen molar-refractivity contribution < 1.29 is 14.6 Å². The van der Waals surface area contributed by atoms with Crippen LogP contribution in [0.2, 0.25) is 0 Å². The van der Waals surface area contributed by atoms with Crippen molar-refractivity contribution >= 4 is 11.5 Å². The van der Waals surface area contributed by atoms with Crippen LogP contribution in [0.5, 0.6) is 11.5 Å². The predicted octanol–water partition coefficient (Wildman–Crippen LogP) is 1.75. The third-order valence-electron chi connectivity index (χ3n) is 1.82. The minimum Gasteiger partial charge on any atom is -0.507 e. The maximum atomic E-state index is 10.7. The zero-order chi connectivity index (χ0) is 11.4. The molecule has 1 aromatic rings. The molecule has 0 saturated carbocycles. The van der Waals surface area contributed by atoms with E-state index in [9.17, 15) is 9.90 Å². The van der Waals surface area contributed by atoms with Gasteiger partial charge in [0.25, 0.3) is 0 Å². The Bertz CT molecular complexity index is 399. The number of benzene rings is 1. The summed E-state index contributed by atoms with van der Waals surface area (Å²) < 4.78 is 5.10. The van der Waals surface area contributed by atoms with Crippen LogP contribution in [0.15, 0.2) is 18.2 Å². The minimum atomic E-state index is -0.0817. The van der Waals surface area contributed by atoms with E-state index in [0.717, 1.165) is 0 Å². The SMILES string of the molecule is CC(=N)c1ccc(OCC(C)=O)cc1O. The van der Waals surface area contributed by atoms with Crippen molar-refractivity contribution in [2.45, 2.75) is 13.8 Å². The fraction of sp³-hybridized carbons (Fsp3) is 0.273. The van der Waals surface area contributed by atoms with Crippen LogP contribution >= 0.6 is 0 Å². The summed E-state index contributed by atoms with van der Waals surface area (Å²) in [4.78, 5) is 10.7. The van der Waals surface area contributed by atoms with Gasteiger partial charge in [0.1, 0.15) is 18.1 Å². The lowest BCUT2D eigenvalue weighted by Crippen LogP contribution is -2.06. The van der Waals surface area contributed by atoms with Gasteiger partial charge in [-0.15, -0.1) is 0 Å². The molecular formula is C11H13NO3. The molecule has 0 amide bonds. The van der Waals surface area contributed by atoms with Gasteiger partial charge in [0, 0.05) is 17.3 Å². The summed E-state index contributed by atoms with van der Waals surface area (Å²) in [6, 6.07) is 4.61. The van der Waals surface area contributed by atoms with Crippen LogP contribution in [0.1, 0.15) is 19.4 Å². The lowest BCUT2D eigenvalue weighted by Gasteiger charge is -2.07. The van der Waals surface area contributed by atoms with Crippen molar-refractivity contribution in [2.75, 3.05) is 6.61 Å². The molecule has 80 valence electrons. The van der Waals surface area contributed by atoms with Crippen LogP contribution in [0, 0.1) is 5.41 Å². The van der Waals surface area contributed by atoms with Gasteiger partial charge < -0.3 is 15.3 Å². The first-order valence-corrected chi connectivity index (χ1v) is 4.51. The second kappa shape index (κ2) is 4.59. The monoisotopic (exact) mass is 207 g/mol. The lowest BCUT2D eigenvalue weighted by molar-refractivity contribution is -0.118. The second-order valence-corrected chi connectivity index (χ2v) is 3.29. The van der Waals surface area contributed by atoms with Crippen molar-refractivity contribution in [1.29, 1.82) is 5.41 Å². The van der Waals surface area contributed by atoms with Gasteiger partial charge in [-0.1, -0.05) is 0 Å². The molecule has 0 bridgehead atoms. The number of rotatable bonds is 4. The van der Waals surface area contributed by atoms with Crippen molar-refractivity contribution in [2.24, 2.45) is 0 Å². The molecule has 15 heavy (non-hydrogen) atoms. The van der Waals surface area contributed by atoms with Crippen molar-refractivity contribution in [1.82, 2.24) is 0 Å². The number of ketones is 1.